The standard InChI is InChI=1S/C16H21N3O2/c1-3-8-21-16-9-13(4-5-15(16)12(2)17)14-10-18-19(11-14)6-7-20/h4-5,9-11,17,20H,3,6-8H2,1-2H3. The number of ether oxygens (including phenoxy) is 1. The van der Waals surface area contributed by atoms with E-state index in [4.69, 9.17) is 15.3 Å². The molecule has 0 saturated carbocycles. The topological polar surface area (TPSA) is 71.1 Å². The number of rotatable bonds is 7. The minimum absolute atomic E-state index is 0.0674. The molecule has 0 spiro atoms. The Morgan fingerprint density at radius 2 is 2.19 bits per heavy atom. The average Bonchev–Trinajstić information content (AvgIpc) is 2.93. The Hall–Kier alpha value is -2.14. The smallest absolute Gasteiger partial charge is 0.128 e. The van der Waals surface area contributed by atoms with Crippen LogP contribution in [0.1, 0.15) is 25.8 Å². The molecule has 5 nitrogen and oxygen atoms in total. The zero-order chi connectivity index (χ0) is 15.2. The predicted molar refractivity (Wildman–Crippen MR) is 83.0 cm³/mol. The van der Waals surface area contributed by atoms with Gasteiger partial charge >= 0.3 is 0 Å². The minimum atomic E-state index is 0.0674. The van der Waals surface area contributed by atoms with Gasteiger partial charge in [-0.2, -0.15) is 5.10 Å². The maximum atomic E-state index is 8.93. The highest BCUT2D eigenvalue weighted by Crippen LogP contribution is 2.27. The number of benzene rings is 1. The first-order valence-corrected chi connectivity index (χ1v) is 7.11. The monoisotopic (exact) mass is 287 g/mol. The van der Waals surface area contributed by atoms with Crippen LogP contribution in [-0.4, -0.2) is 33.8 Å². The maximum absolute atomic E-state index is 8.93. The van der Waals surface area contributed by atoms with Crippen LogP contribution >= 0.6 is 0 Å². The highest BCUT2D eigenvalue weighted by atomic mass is 16.5. The predicted octanol–water partition coefficient (Wildman–Crippen LogP) is 2.72. The van der Waals surface area contributed by atoms with Gasteiger partial charge in [0.05, 0.1) is 26.0 Å². The summed E-state index contributed by atoms with van der Waals surface area (Å²) in [6.07, 6.45) is 4.59. The molecule has 2 rings (SSSR count). The number of aromatic nitrogens is 2. The minimum Gasteiger partial charge on any atom is -0.493 e. The van der Waals surface area contributed by atoms with Crippen LogP contribution in [0.3, 0.4) is 0 Å². The van der Waals surface area contributed by atoms with Crippen molar-refractivity contribution in [1.82, 2.24) is 9.78 Å². The van der Waals surface area contributed by atoms with Gasteiger partial charge in [-0.05, 0) is 31.0 Å². The van der Waals surface area contributed by atoms with Crippen molar-refractivity contribution in [3.63, 3.8) is 0 Å². The molecule has 5 heteroatoms. The van der Waals surface area contributed by atoms with Crippen molar-refractivity contribution in [3.8, 4) is 16.9 Å². The van der Waals surface area contributed by atoms with Crippen LogP contribution in [0.4, 0.5) is 0 Å². The number of nitrogens with zero attached hydrogens (tertiary/aromatic N) is 2. The summed E-state index contributed by atoms with van der Waals surface area (Å²) in [5.74, 6) is 0.733. The lowest BCUT2D eigenvalue weighted by Gasteiger charge is -2.11. The number of aliphatic hydroxyl groups is 1. The van der Waals surface area contributed by atoms with E-state index in [0.717, 1.165) is 28.9 Å². The summed E-state index contributed by atoms with van der Waals surface area (Å²) in [6, 6.07) is 5.82. The van der Waals surface area contributed by atoms with Gasteiger partial charge < -0.3 is 15.3 Å². The lowest BCUT2D eigenvalue weighted by Crippen LogP contribution is -2.02. The van der Waals surface area contributed by atoms with Gasteiger partial charge in [0.25, 0.3) is 0 Å². The number of aliphatic hydroxyl groups excluding tert-OH is 1. The first kappa shape index (κ1) is 15.3. The van der Waals surface area contributed by atoms with Crippen LogP contribution < -0.4 is 4.74 Å². The second-order valence-corrected chi connectivity index (χ2v) is 4.90. The molecule has 0 aliphatic carbocycles. The highest BCUT2D eigenvalue weighted by Gasteiger charge is 2.09. The van der Waals surface area contributed by atoms with E-state index < -0.39 is 0 Å². The van der Waals surface area contributed by atoms with E-state index in [0.29, 0.717) is 18.9 Å². The van der Waals surface area contributed by atoms with E-state index in [1.807, 2.05) is 24.4 Å². The van der Waals surface area contributed by atoms with Crippen LogP contribution in [0.25, 0.3) is 11.1 Å². The van der Waals surface area contributed by atoms with E-state index in [1.54, 1.807) is 17.8 Å². The van der Waals surface area contributed by atoms with E-state index >= 15 is 0 Å². The molecule has 0 radical (unpaired) electrons. The Morgan fingerprint density at radius 1 is 1.38 bits per heavy atom. The third-order valence-corrected chi connectivity index (χ3v) is 3.14. The summed E-state index contributed by atoms with van der Waals surface area (Å²) in [4.78, 5) is 0. The third kappa shape index (κ3) is 3.70. The first-order chi connectivity index (χ1) is 10.2. The van der Waals surface area contributed by atoms with Crippen LogP contribution in [0.2, 0.25) is 0 Å². The molecule has 2 aromatic rings. The fraction of sp³-hybridized carbons (Fsp3) is 0.375. The van der Waals surface area contributed by atoms with Crippen molar-refractivity contribution in [2.75, 3.05) is 13.2 Å². The van der Waals surface area contributed by atoms with E-state index in [9.17, 15) is 0 Å². The Labute approximate surface area is 124 Å². The highest BCUT2D eigenvalue weighted by molar-refractivity contribution is 5.99. The van der Waals surface area contributed by atoms with E-state index in [1.165, 1.54) is 0 Å². The SMILES string of the molecule is CCCOc1cc(-c2cnn(CCO)c2)ccc1C(C)=N. The summed E-state index contributed by atoms with van der Waals surface area (Å²) in [6.45, 7) is 5.00. The molecule has 1 heterocycles. The van der Waals surface area contributed by atoms with Crippen LogP contribution in [0.5, 0.6) is 5.75 Å². The van der Waals surface area contributed by atoms with E-state index in [2.05, 4.69) is 12.0 Å². The van der Waals surface area contributed by atoms with Gasteiger partial charge in [-0.3, -0.25) is 4.68 Å². The van der Waals surface area contributed by atoms with Crippen LogP contribution in [0.15, 0.2) is 30.6 Å². The largest absolute Gasteiger partial charge is 0.493 e. The molecular formula is C16H21N3O2. The number of hydrogen-bond acceptors (Lipinski definition) is 4. The molecule has 0 aliphatic rings. The van der Waals surface area contributed by atoms with Gasteiger partial charge in [0.2, 0.25) is 0 Å². The zero-order valence-electron chi connectivity index (χ0n) is 12.5. The van der Waals surface area contributed by atoms with Gasteiger partial charge in [-0.1, -0.05) is 13.0 Å². The lowest BCUT2D eigenvalue weighted by molar-refractivity contribution is 0.269. The van der Waals surface area contributed by atoms with Crippen molar-refractivity contribution in [3.05, 3.63) is 36.2 Å². The summed E-state index contributed by atoms with van der Waals surface area (Å²) in [5, 5.41) is 21.0. The third-order valence-electron chi connectivity index (χ3n) is 3.14. The lowest BCUT2D eigenvalue weighted by atomic mass is 10.0. The molecule has 1 aromatic heterocycles. The van der Waals surface area contributed by atoms with Gasteiger partial charge in [-0.15, -0.1) is 0 Å². The molecule has 0 amide bonds. The molecule has 112 valence electrons. The maximum Gasteiger partial charge on any atom is 0.128 e. The van der Waals surface area contributed by atoms with Crippen LogP contribution in [0, 0.1) is 5.41 Å². The Balaban J connectivity index is 2.33. The van der Waals surface area contributed by atoms with E-state index in [-0.39, 0.29) is 6.61 Å². The molecule has 0 fully saturated rings. The number of hydrogen-bond donors (Lipinski definition) is 2. The average molecular weight is 287 g/mol. The van der Waals surface area contributed by atoms with Gasteiger partial charge in [0.15, 0.2) is 0 Å². The summed E-state index contributed by atoms with van der Waals surface area (Å²) in [5.41, 5.74) is 3.27. The molecule has 1 aromatic carbocycles. The molecule has 2 N–H and O–H groups in total. The van der Waals surface area contributed by atoms with Crippen molar-refractivity contribution in [2.24, 2.45) is 0 Å². The quantitative estimate of drug-likeness (QED) is 0.769. The summed E-state index contributed by atoms with van der Waals surface area (Å²) < 4.78 is 7.46. The molecule has 0 bridgehead atoms. The Bertz CT molecular complexity index is 620. The normalized spacial score (nSPS) is 10.6. The fourth-order valence-electron chi connectivity index (χ4n) is 2.08. The van der Waals surface area contributed by atoms with Crippen LogP contribution in [-0.2, 0) is 6.54 Å². The summed E-state index contributed by atoms with van der Waals surface area (Å²) >= 11 is 0. The second-order valence-electron chi connectivity index (χ2n) is 4.90. The van der Waals surface area contributed by atoms with Gasteiger partial charge in [0, 0.05) is 23.0 Å². The van der Waals surface area contributed by atoms with Gasteiger partial charge in [0.1, 0.15) is 5.75 Å². The van der Waals surface area contributed by atoms with Crippen molar-refractivity contribution in [1.29, 1.82) is 5.41 Å². The molecular weight excluding hydrogens is 266 g/mol. The number of nitrogens with one attached hydrogen (secondary N) is 1. The Morgan fingerprint density at radius 3 is 2.86 bits per heavy atom. The summed E-state index contributed by atoms with van der Waals surface area (Å²) in [7, 11) is 0. The van der Waals surface area contributed by atoms with Crippen molar-refractivity contribution in [2.45, 2.75) is 26.8 Å². The molecule has 0 aliphatic heterocycles. The van der Waals surface area contributed by atoms with Gasteiger partial charge in [-0.25, -0.2) is 0 Å². The first-order valence-electron chi connectivity index (χ1n) is 7.11. The molecule has 0 atom stereocenters. The van der Waals surface area contributed by atoms with Crippen molar-refractivity contribution >= 4 is 5.71 Å². The molecule has 21 heavy (non-hydrogen) atoms. The van der Waals surface area contributed by atoms with Crippen molar-refractivity contribution < 1.29 is 9.84 Å². The Kier molecular flexibility index (Phi) is 5.11. The molecule has 0 saturated heterocycles. The molecule has 0 unspecified atom stereocenters. The second kappa shape index (κ2) is 7.04. The zero-order valence-corrected chi connectivity index (χ0v) is 12.5. The fourth-order valence-corrected chi connectivity index (χ4v) is 2.08.